The van der Waals surface area contributed by atoms with Gasteiger partial charge in [0.15, 0.2) is 28.2 Å². The van der Waals surface area contributed by atoms with Crippen molar-refractivity contribution in [3.63, 3.8) is 0 Å². The van der Waals surface area contributed by atoms with Gasteiger partial charge in [0, 0.05) is 38.7 Å². The number of rotatable bonds is 16. The maximum absolute atomic E-state index is 13.6. The molecule has 0 saturated carbocycles. The number of nitrogens with zero attached hydrogens (tertiary/aromatic N) is 2. The summed E-state index contributed by atoms with van der Waals surface area (Å²) in [4.78, 5) is 43.3. The van der Waals surface area contributed by atoms with Crippen LogP contribution in [0.1, 0.15) is 44.1 Å². The van der Waals surface area contributed by atoms with Gasteiger partial charge in [-0.05, 0) is 55.9 Å². The highest BCUT2D eigenvalue weighted by Crippen LogP contribution is 2.35. The van der Waals surface area contributed by atoms with Crippen molar-refractivity contribution in [3.8, 4) is 23.0 Å². The summed E-state index contributed by atoms with van der Waals surface area (Å²) in [5, 5.41) is 6.79. The van der Waals surface area contributed by atoms with Crippen LogP contribution in [0.2, 0.25) is 0 Å². The van der Waals surface area contributed by atoms with Crippen molar-refractivity contribution >= 4 is 34.5 Å². The predicted molar refractivity (Wildman–Crippen MR) is 170 cm³/mol. The lowest BCUT2D eigenvalue weighted by Gasteiger charge is -2.14. The van der Waals surface area contributed by atoms with Gasteiger partial charge in [-0.2, -0.15) is 0 Å². The van der Waals surface area contributed by atoms with Crippen molar-refractivity contribution in [1.29, 1.82) is 0 Å². The summed E-state index contributed by atoms with van der Waals surface area (Å²) < 4.78 is 28.8. The fraction of sp³-hybridized carbons (Fsp3) is 0.500. The third-order valence-corrected chi connectivity index (χ3v) is 8.74. The Bertz CT molecular complexity index is 1560. The van der Waals surface area contributed by atoms with Crippen LogP contribution in [0, 0.1) is 0 Å². The molecule has 2 aliphatic rings. The lowest BCUT2D eigenvalue weighted by molar-refractivity contribution is -0.121. The zero-order valence-corrected chi connectivity index (χ0v) is 26.5. The highest BCUT2D eigenvalue weighted by Gasteiger charge is 2.20. The molecule has 2 aliphatic heterocycles. The number of amides is 2. The number of hydrogen-bond acceptors (Lipinski definition) is 10. The van der Waals surface area contributed by atoms with Crippen LogP contribution in [0.3, 0.4) is 0 Å². The van der Waals surface area contributed by atoms with E-state index in [9.17, 15) is 14.4 Å². The molecule has 1 atom stereocenters. The number of ether oxygens (including phenoxy) is 5. The van der Waals surface area contributed by atoms with E-state index in [0.29, 0.717) is 84.4 Å². The van der Waals surface area contributed by atoms with Crippen LogP contribution in [0.15, 0.2) is 40.3 Å². The number of carbonyl (C=O) groups is 2. The lowest BCUT2D eigenvalue weighted by atomic mass is 10.1. The summed E-state index contributed by atoms with van der Waals surface area (Å²) in [6.45, 7) is 2.23. The van der Waals surface area contributed by atoms with E-state index >= 15 is 0 Å². The number of methoxy groups -OCH3 is 2. The van der Waals surface area contributed by atoms with Gasteiger partial charge in [-0.25, -0.2) is 4.98 Å². The molecule has 2 N–H and O–H groups in total. The maximum Gasteiger partial charge on any atom is 0.262 e. The molecule has 12 nitrogen and oxygen atoms in total. The van der Waals surface area contributed by atoms with E-state index in [1.807, 2.05) is 18.2 Å². The Kier molecular flexibility index (Phi) is 11.4. The van der Waals surface area contributed by atoms with Gasteiger partial charge < -0.3 is 34.3 Å². The molecule has 3 heterocycles. The lowest BCUT2D eigenvalue weighted by Crippen LogP contribution is -2.33. The minimum atomic E-state index is -0.200. The van der Waals surface area contributed by atoms with E-state index in [1.54, 1.807) is 30.9 Å². The molecule has 0 spiro atoms. The molecule has 1 aromatic heterocycles. The molecule has 1 unspecified atom stereocenters. The largest absolute Gasteiger partial charge is 0.493 e. The average Bonchev–Trinajstić information content (AvgIpc) is 3.75. The van der Waals surface area contributed by atoms with E-state index in [2.05, 4.69) is 10.6 Å². The first-order valence-corrected chi connectivity index (χ1v) is 16.3. The second kappa shape index (κ2) is 15.8. The van der Waals surface area contributed by atoms with Gasteiger partial charge in [-0.1, -0.05) is 24.2 Å². The van der Waals surface area contributed by atoms with E-state index < -0.39 is 0 Å². The van der Waals surface area contributed by atoms with Gasteiger partial charge in [-0.3, -0.25) is 19.0 Å². The molecule has 5 rings (SSSR count). The molecular weight excluding hydrogens is 600 g/mol. The molecule has 45 heavy (non-hydrogen) atoms. The standard InChI is InChI=1S/C32H40N4O8S/c1-40-25-10-9-21(15-26(25)41-2)11-12-33-29(37)8-4-3-5-13-36-31(39)23-16-27-28(44-20-43-27)17-24(23)35-32(36)45-19-30(38)34-18-22-7-6-14-42-22/h9-10,15-17,22H,3-8,11-14,18-20H2,1-2H3,(H,33,37)(H,34,38). The topological polar surface area (TPSA) is 139 Å². The summed E-state index contributed by atoms with van der Waals surface area (Å²) in [6, 6.07) is 9.09. The zero-order valence-electron chi connectivity index (χ0n) is 25.7. The molecule has 2 amide bonds. The molecule has 2 aromatic carbocycles. The second-order valence-corrected chi connectivity index (χ2v) is 11.8. The van der Waals surface area contributed by atoms with Gasteiger partial charge in [0.2, 0.25) is 18.6 Å². The van der Waals surface area contributed by atoms with Crippen molar-refractivity contribution < 1.29 is 33.3 Å². The van der Waals surface area contributed by atoms with Gasteiger partial charge in [0.05, 0.1) is 37.0 Å². The second-order valence-electron chi connectivity index (χ2n) is 10.9. The van der Waals surface area contributed by atoms with E-state index in [-0.39, 0.29) is 36.0 Å². The van der Waals surface area contributed by atoms with Crippen LogP contribution in [0.25, 0.3) is 10.9 Å². The third-order valence-electron chi connectivity index (χ3n) is 7.77. The Hall–Kier alpha value is -3.97. The minimum absolute atomic E-state index is 0.0126. The molecule has 242 valence electrons. The highest BCUT2D eigenvalue weighted by atomic mass is 32.2. The Morgan fingerprint density at radius 2 is 1.84 bits per heavy atom. The molecule has 1 saturated heterocycles. The summed E-state index contributed by atoms with van der Waals surface area (Å²) in [5.74, 6) is 2.35. The Morgan fingerprint density at radius 1 is 1.02 bits per heavy atom. The van der Waals surface area contributed by atoms with Crippen LogP contribution < -0.4 is 35.1 Å². The van der Waals surface area contributed by atoms with Crippen LogP contribution in [-0.4, -0.2) is 73.9 Å². The number of thioether (sulfide) groups is 1. The van der Waals surface area contributed by atoms with Crippen molar-refractivity contribution in [3.05, 3.63) is 46.2 Å². The molecule has 0 radical (unpaired) electrons. The molecule has 1 fully saturated rings. The van der Waals surface area contributed by atoms with Gasteiger partial charge in [-0.15, -0.1) is 0 Å². The first-order valence-electron chi connectivity index (χ1n) is 15.3. The van der Waals surface area contributed by atoms with E-state index in [4.69, 9.17) is 28.7 Å². The van der Waals surface area contributed by atoms with Gasteiger partial charge >= 0.3 is 0 Å². The Balaban J connectivity index is 1.13. The first kappa shape index (κ1) is 32.4. The number of carbonyl (C=O) groups excluding carboxylic acids is 2. The van der Waals surface area contributed by atoms with Crippen molar-refractivity contribution in [1.82, 2.24) is 20.2 Å². The van der Waals surface area contributed by atoms with Crippen LogP contribution in [0.5, 0.6) is 23.0 Å². The fourth-order valence-corrected chi connectivity index (χ4v) is 6.17. The van der Waals surface area contributed by atoms with Crippen molar-refractivity contribution in [2.45, 2.75) is 62.8 Å². The smallest absolute Gasteiger partial charge is 0.262 e. The maximum atomic E-state index is 13.6. The molecule has 0 aliphatic carbocycles. The monoisotopic (exact) mass is 640 g/mol. The molecule has 0 bridgehead atoms. The van der Waals surface area contributed by atoms with Crippen molar-refractivity contribution in [2.75, 3.05) is 46.5 Å². The summed E-state index contributed by atoms with van der Waals surface area (Å²) in [7, 11) is 3.19. The SMILES string of the molecule is COc1ccc(CCNC(=O)CCCCCn2c(SCC(=O)NCC3CCCO3)nc3cc4c(cc3c2=O)OCO4)cc1OC. The Labute approximate surface area is 266 Å². The third kappa shape index (κ3) is 8.60. The highest BCUT2D eigenvalue weighted by molar-refractivity contribution is 7.99. The quantitative estimate of drug-likeness (QED) is 0.136. The zero-order chi connectivity index (χ0) is 31.6. The molecule has 3 aromatic rings. The van der Waals surface area contributed by atoms with Crippen LogP contribution in [0.4, 0.5) is 0 Å². The summed E-state index contributed by atoms with van der Waals surface area (Å²) >= 11 is 1.23. The predicted octanol–water partition coefficient (Wildman–Crippen LogP) is 3.45. The number of nitrogens with one attached hydrogen (secondary N) is 2. The number of unbranched alkanes of at least 4 members (excludes halogenated alkanes) is 2. The Morgan fingerprint density at radius 3 is 2.62 bits per heavy atom. The summed E-state index contributed by atoms with van der Waals surface area (Å²) in [6.07, 6.45) is 5.19. The van der Waals surface area contributed by atoms with Crippen molar-refractivity contribution in [2.24, 2.45) is 0 Å². The number of fused-ring (bicyclic) bond motifs is 2. The van der Waals surface area contributed by atoms with Gasteiger partial charge in [0.1, 0.15) is 0 Å². The molecular formula is C32H40N4O8S. The van der Waals surface area contributed by atoms with Crippen LogP contribution >= 0.6 is 11.8 Å². The number of hydrogen-bond donors (Lipinski definition) is 2. The van der Waals surface area contributed by atoms with Gasteiger partial charge in [0.25, 0.3) is 5.56 Å². The molecule has 13 heteroatoms. The number of benzene rings is 2. The summed E-state index contributed by atoms with van der Waals surface area (Å²) in [5.41, 5.74) is 1.33. The van der Waals surface area contributed by atoms with Crippen LogP contribution in [-0.2, 0) is 27.3 Å². The normalized spacial score (nSPS) is 15.3. The average molecular weight is 641 g/mol. The van der Waals surface area contributed by atoms with E-state index in [0.717, 1.165) is 31.4 Å². The fourth-order valence-electron chi connectivity index (χ4n) is 5.32. The van der Waals surface area contributed by atoms with E-state index in [1.165, 1.54) is 11.8 Å². The number of aromatic nitrogens is 2. The first-order chi connectivity index (χ1) is 21.9. The minimum Gasteiger partial charge on any atom is -0.493 e.